The molecule has 82 valence electrons. The number of nitrogens with two attached hydrogens (primary N) is 1. The molecule has 0 saturated carbocycles. The molecule has 0 saturated heterocycles. The summed E-state index contributed by atoms with van der Waals surface area (Å²) in [5.74, 6) is 0.996. The van der Waals surface area contributed by atoms with E-state index in [1.165, 1.54) is 16.5 Å². The third-order valence-corrected chi connectivity index (χ3v) is 2.54. The molecule has 1 aromatic heterocycles. The number of halogens is 1. The van der Waals surface area contributed by atoms with E-state index >= 15 is 0 Å². The van der Waals surface area contributed by atoms with Crippen molar-refractivity contribution in [3.63, 3.8) is 0 Å². The van der Waals surface area contributed by atoms with Gasteiger partial charge in [0.2, 0.25) is 0 Å². The standard InChI is InChI=1S/C12H15NO.ClH/c1-8-3-4-11-10(5-6-13)9(2)14-12(11)7-8;/h3-4,7H,5-6,13H2,1-2H3;1H. The van der Waals surface area contributed by atoms with Gasteiger partial charge in [0.1, 0.15) is 11.3 Å². The summed E-state index contributed by atoms with van der Waals surface area (Å²) in [5, 5.41) is 1.21. The molecule has 0 bridgehead atoms. The number of hydrogen-bond donors (Lipinski definition) is 1. The Morgan fingerprint density at radius 2 is 2.00 bits per heavy atom. The minimum Gasteiger partial charge on any atom is -0.461 e. The maximum atomic E-state index is 5.68. The summed E-state index contributed by atoms with van der Waals surface area (Å²) in [6.07, 6.45) is 0.891. The zero-order valence-electron chi connectivity index (χ0n) is 9.04. The fourth-order valence-electron chi connectivity index (χ4n) is 1.83. The molecule has 0 aliphatic carbocycles. The summed E-state index contributed by atoms with van der Waals surface area (Å²) in [4.78, 5) is 0. The largest absolute Gasteiger partial charge is 0.461 e. The van der Waals surface area contributed by atoms with Gasteiger partial charge in [-0.25, -0.2) is 0 Å². The first-order valence-corrected chi connectivity index (χ1v) is 4.91. The first-order valence-electron chi connectivity index (χ1n) is 4.91. The van der Waals surface area contributed by atoms with Crippen LogP contribution < -0.4 is 5.73 Å². The molecule has 0 aliphatic heterocycles. The fourth-order valence-corrected chi connectivity index (χ4v) is 1.83. The Kier molecular flexibility index (Phi) is 3.77. The predicted octanol–water partition coefficient (Wildman–Crippen LogP) is 2.97. The lowest BCUT2D eigenvalue weighted by Gasteiger charge is -1.96. The summed E-state index contributed by atoms with van der Waals surface area (Å²) in [6, 6.07) is 6.30. The molecule has 2 aromatic rings. The van der Waals surface area contributed by atoms with E-state index < -0.39 is 0 Å². The second-order valence-electron chi connectivity index (χ2n) is 3.68. The summed E-state index contributed by atoms with van der Waals surface area (Å²) < 4.78 is 5.68. The SMILES string of the molecule is Cc1ccc2c(CCN)c(C)oc2c1.Cl. The van der Waals surface area contributed by atoms with Crippen LogP contribution in [-0.2, 0) is 6.42 Å². The van der Waals surface area contributed by atoms with Gasteiger partial charge in [0.25, 0.3) is 0 Å². The fraction of sp³-hybridized carbons (Fsp3) is 0.333. The first kappa shape index (κ1) is 12.1. The van der Waals surface area contributed by atoms with E-state index in [4.69, 9.17) is 10.2 Å². The van der Waals surface area contributed by atoms with Crippen LogP contribution in [0.2, 0.25) is 0 Å². The highest BCUT2D eigenvalue weighted by Crippen LogP contribution is 2.26. The average molecular weight is 226 g/mol. The first-order chi connectivity index (χ1) is 6.72. The molecule has 15 heavy (non-hydrogen) atoms. The number of furan rings is 1. The Morgan fingerprint density at radius 1 is 1.27 bits per heavy atom. The van der Waals surface area contributed by atoms with Crippen molar-refractivity contribution in [2.24, 2.45) is 5.73 Å². The van der Waals surface area contributed by atoms with Crippen LogP contribution in [0.1, 0.15) is 16.9 Å². The molecule has 2 N–H and O–H groups in total. The molecule has 0 spiro atoms. The summed E-state index contributed by atoms with van der Waals surface area (Å²) in [7, 11) is 0. The molecule has 2 rings (SSSR count). The van der Waals surface area contributed by atoms with Crippen LogP contribution in [-0.4, -0.2) is 6.54 Å². The van der Waals surface area contributed by atoms with Crippen LogP contribution in [0.5, 0.6) is 0 Å². The highest BCUT2D eigenvalue weighted by Gasteiger charge is 2.09. The normalized spacial score (nSPS) is 10.3. The van der Waals surface area contributed by atoms with Crippen molar-refractivity contribution in [3.8, 4) is 0 Å². The van der Waals surface area contributed by atoms with Gasteiger partial charge in [0.15, 0.2) is 0 Å². The van der Waals surface area contributed by atoms with Crippen molar-refractivity contribution in [2.45, 2.75) is 20.3 Å². The van der Waals surface area contributed by atoms with Crippen LogP contribution in [0, 0.1) is 13.8 Å². The van der Waals surface area contributed by atoms with Crippen molar-refractivity contribution < 1.29 is 4.42 Å². The molecule has 0 atom stereocenters. The molecule has 1 aromatic carbocycles. The zero-order chi connectivity index (χ0) is 10.1. The van der Waals surface area contributed by atoms with Crippen molar-refractivity contribution in [2.75, 3.05) is 6.54 Å². The Morgan fingerprint density at radius 3 is 2.67 bits per heavy atom. The second kappa shape index (κ2) is 4.69. The van der Waals surface area contributed by atoms with E-state index in [1.54, 1.807) is 0 Å². The van der Waals surface area contributed by atoms with Gasteiger partial charge in [-0.05, 0) is 38.4 Å². The van der Waals surface area contributed by atoms with E-state index in [2.05, 4.69) is 25.1 Å². The Labute approximate surface area is 95.9 Å². The maximum absolute atomic E-state index is 5.68. The van der Waals surface area contributed by atoms with E-state index in [-0.39, 0.29) is 12.4 Å². The molecule has 0 fully saturated rings. The van der Waals surface area contributed by atoms with E-state index in [9.17, 15) is 0 Å². The molecule has 0 amide bonds. The topological polar surface area (TPSA) is 39.2 Å². The minimum absolute atomic E-state index is 0. The van der Waals surface area contributed by atoms with Crippen molar-refractivity contribution in [1.29, 1.82) is 0 Å². The van der Waals surface area contributed by atoms with Crippen LogP contribution in [0.25, 0.3) is 11.0 Å². The van der Waals surface area contributed by atoms with Crippen LogP contribution >= 0.6 is 12.4 Å². The molecule has 2 nitrogen and oxygen atoms in total. The molecule has 1 heterocycles. The lowest BCUT2D eigenvalue weighted by Crippen LogP contribution is -2.02. The molecule has 0 radical (unpaired) electrons. The van der Waals surface area contributed by atoms with Crippen molar-refractivity contribution in [3.05, 3.63) is 35.1 Å². The molecular formula is C12H16ClNO. The molecular weight excluding hydrogens is 210 g/mol. The van der Waals surface area contributed by atoms with Crippen LogP contribution in [0.4, 0.5) is 0 Å². The second-order valence-corrected chi connectivity index (χ2v) is 3.68. The van der Waals surface area contributed by atoms with Gasteiger partial charge < -0.3 is 10.2 Å². The van der Waals surface area contributed by atoms with E-state index in [0.29, 0.717) is 6.54 Å². The number of hydrogen-bond acceptors (Lipinski definition) is 2. The summed E-state index contributed by atoms with van der Waals surface area (Å²) >= 11 is 0. The third kappa shape index (κ3) is 2.16. The Bertz CT molecular complexity index is 462. The smallest absolute Gasteiger partial charge is 0.134 e. The average Bonchev–Trinajstić information content (AvgIpc) is 2.43. The third-order valence-electron chi connectivity index (χ3n) is 2.54. The van der Waals surface area contributed by atoms with Crippen LogP contribution in [0.15, 0.2) is 22.6 Å². The lowest BCUT2D eigenvalue weighted by atomic mass is 10.1. The minimum atomic E-state index is 0. The number of fused-ring (bicyclic) bond motifs is 1. The predicted molar refractivity (Wildman–Crippen MR) is 65.7 cm³/mol. The van der Waals surface area contributed by atoms with Crippen molar-refractivity contribution >= 4 is 23.4 Å². The quantitative estimate of drug-likeness (QED) is 0.854. The maximum Gasteiger partial charge on any atom is 0.134 e. The van der Waals surface area contributed by atoms with Gasteiger partial charge in [-0.1, -0.05) is 12.1 Å². The highest BCUT2D eigenvalue weighted by atomic mass is 35.5. The van der Waals surface area contributed by atoms with E-state index in [1.807, 2.05) is 6.92 Å². The highest BCUT2D eigenvalue weighted by molar-refractivity contribution is 5.85. The van der Waals surface area contributed by atoms with Gasteiger partial charge in [-0.2, -0.15) is 0 Å². The summed E-state index contributed by atoms with van der Waals surface area (Å²) in [6.45, 7) is 4.74. The molecule has 3 heteroatoms. The summed E-state index contributed by atoms with van der Waals surface area (Å²) in [5.41, 5.74) is 9.03. The van der Waals surface area contributed by atoms with Gasteiger partial charge in [-0.3, -0.25) is 0 Å². The van der Waals surface area contributed by atoms with Gasteiger partial charge in [0.05, 0.1) is 0 Å². The number of rotatable bonds is 2. The zero-order valence-corrected chi connectivity index (χ0v) is 9.86. The number of aryl methyl sites for hydroxylation is 2. The van der Waals surface area contributed by atoms with Gasteiger partial charge in [-0.15, -0.1) is 12.4 Å². The number of benzene rings is 1. The lowest BCUT2D eigenvalue weighted by molar-refractivity contribution is 0.571. The molecule has 0 aliphatic rings. The monoisotopic (exact) mass is 225 g/mol. The Hall–Kier alpha value is -0.990. The van der Waals surface area contributed by atoms with Gasteiger partial charge in [0, 0.05) is 10.9 Å². The van der Waals surface area contributed by atoms with E-state index in [0.717, 1.165) is 17.8 Å². The molecule has 0 unspecified atom stereocenters. The van der Waals surface area contributed by atoms with Crippen LogP contribution in [0.3, 0.4) is 0 Å². The van der Waals surface area contributed by atoms with Crippen molar-refractivity contribution in [1.82, 2.24) is 0 Å². The Balaban J connectivity index is 0.00000112. The van der Waals surface area contributed by atoms with Gasteiger partial charge >= 0.3 is 0 Å².